The van der Waals surface area contributed by atoms with Crippen LogP contribution in [-0.4, -0.2) is 22.4 Å². The summed E-state index contributed by atoms with van der Waals surface area (Å²) in [7, 11) is 0. The van der Waals surface area contributed by atoms with E-state index in [1.165, 1.54) is 12.1 Å². The van der Waals surface area contributed by atoms with Crippen LogP contribution in [0.25, 0.3) is 6.08 Å². The lowest BCUT2D eigenvalue weighted by atomic mass is 9.91. The summed E-state index contributed by atoms with van der Waals surface area (Å²) in [6.07, 6.45) is 5.86. The van der Waals surface area contributed by atoms with Crippen LogP contribution in [0.5, 0.6) is 0 Å². The normalized spacial score (nSPS) is 11.6. The number of aromatic nitrogens is 2. The number of rotatable bonds is 8. The van der Waals surface area contributed by atoms with E-state index in [4.69, 9.17) is 10.7 Å². The van der Waals surface area contributed by atoms with E-state index in [0.29, 0.717) is 29.9 Å². The first-order chi connectivity index (χ1) is 14.4. The van der Waals surface area contributed by atoms with Crippen molar-refractivity contribution in [1.29, 1.82) is 0 Å². The van der Waals surface area contributed by atoms with Crippen molar-refractivity contribution >= 4 is 17.8 Å². The zero-order chi connectivity index (χ0) is 21.5. The van der Waals surface area contributed by atoms with Gasteiger partial charge in [-0.1, -0.05) is 29.8 Å². The van der Waals surface area contributed by atoms with Gasteiger partial charge in [-0.05, 0) is 61.7 Å². The minimum absolute atomic E-state index is 0.262. The zero-order valence-electron chi connectivity index (χ0n) is 17.1. The Labute approximate surface area is 175 Å². The van der Waals surface area contributed by atoms with Crippen molar-refractivity contribution in [1.82, 2.24) is 9.97 Å². The molecule has 1 aromatic carbocycles. The number of amides is 1. The van der Waals surface area contributed by atoms with Crippen LogP contribution in [0.15, 0.2) is 66.5 Å². The van der Waals surface area contributed by atoms with E-state index in [1.54, 1.807) is 24.5 Å². The molecule has 0 fully saturated rings. The van der Waals surface area contributed by atoms with Crippen molar-refractivity contribution < 1.29 is 9.18 Å². The summed E-state index contributed by atoms with van der Waals surface area (Å²) >= 11 is 0. The van der Waals surface area contributed by atoms with Gasteiger partial charge in [0.2, 0.25) is 5.91 Å². The number of halogens is 1. The molecule has 3 N–H and O–H groups in total. The third-order valence-electron chi connectivity index (χ3n) is 4.59. The Hall–Kier alpha value is -3.54. The highest BCUT2D eigenvalue weighted by atomic mass is 19.1. The maximum absolute atomic E-state index is 13.4. The molecule has 0 bridgehead atoms. The number of carbonyl (C=O) groups excluding carboxylic acids is 1. The number of nitrogens with one attached hydrogen (secondary N) is 1. The van der Waals surface area contributed by atoms with Gasteiger partial charge in [0.05, 0.1) is 11.6 Å². The molecule has 30 heavy (non-hydrogen) atoms. The van der Waals surface area contributed by atoms with Crippen LogP contribution < -0.4 is 11.1 Å². The van der Waals surface area contributed by atoms with E-state index in [1.807, 2.05) is 44.2 Å². The van der Waals surface area contributed by atoms with Crippen molar-refractivity contribution in [3.63, 3.8) is 0 Å². The third-order valence-corrected chi connectivity index (χ3v) is 4.59. The second-order valence-electron chi connectivity index (χ2n) is 7.32. The first-order valence-corrected chi connectivity index (χ1v) is 9.77. The summed E-state index contributed by atoms with van der Waals surface area (Å²) in [6, 6.07) is 13.8. The second-order valence-corrected chi connectivity index (χ2v) is 7.32. The van der Waals surface area contributed by atoms with Gasteiger partial charge in [-0.15, -0.1) is 0 Å². The molecule has 154 valence electrons. The number of hydrogen-bond donors (Lipinski definition) is 2. The topological polar surface area (TPSA) is 80.9 Å². The highest BCUT2D eigenvalue weighted by Gasteiger charge is 2.24. The molecular formula is C24H25FN4O. The molecule has 0 aliphatic carbocycles. The Bertz CT molecular complexity index is 1050. The molecule has 0 aliphatic heterocycles. The quantitative estimate of drug-likeness (QED) is 0.586. The minimum atomic E-state index is -0.677. The number of nitrogens with zero attached hydrogens (tertiary/aromatic N) is 2. The predicted octanol–water partition coefficient (Wildman–Crippen LogP) is 4.31. The molecule has 0 radical (unpaired) electrons. The molecule has 1 amide bonds. The molecule has 2 heterocycles. The van der Waals surface area contributed by atoms with Gasteiger partial charge in [0.1, 0.15) is 11.6 Å². The van der Waals surface area contributed by atoms with Gasteiger partial charge in [-0.25, -0.2) is 9.37 Å². The van der Waals surface area contributed by atoms with E-state index in [-0.39, 0.29) is 5.82 Å². The predicted molar refractivity (Wildman–Crippen MR) is 117 cm³/mol. The number of anilines is 1. The van der Waals surface area contributed by atoms with Gasteiger partial charge in [0.15, 0.2) is 0 Å². The van der Waals surface area contributed by atoms with Gasteiger partial charge in [-0.2, -0.15) is 0 Å². The summed E-state index contributed by atoms with van der Waals surface area (Å²) in [5.74, 6) is -0.840. The lowest BCUT2D eigenvalue weighted by molar-refractivity contribution is -0.118. The molecule has 3 aromatic rings. The number of primary amides is 1. The largest absolute Gasteiger partial charge is 0.369 e. The van der Waals surface area contributed by atoms with E-state index in [9.17, 15) is 9.18 Å². The molecule has 5 nitrogen and oxygen atoms in total. The Balaban J connectivity index is 1.93. The number of pyridine rings is 2. The van der Waals surface area contributed by atoms with Crippen molar-refractivity contribution in [3.8, 4) is 0 Å². The van der Waals surface area contributed by atoms with E-state index < -0.39 is 11.8 Å². The van der Waals surface area contributed by atoms with Gasteiger partial charge < -0.3 is 11.1 Å². The lowest BCUT2D eigenvalue weighted by Crippen LogP contribution is -2.24. The Morgan fingerprint density at radius 1 is 1.20 bits per heavy atom. The van der Waals surface area contributed by atoms with Crippen molar-refractivity contribution in [2.24, 2.45) is 5.73 Å². The summed E-state index contributed by atoms with van der Waals surface area (Å²) in [6.45, 7) is 4.52. The fourth-order valence-electron chi connectivity index (χ4n) is 3.30. The molecule has 0 saturated carbocycles. The van der Waals surface area contributed by atoms with Crippen molar-refractivity contribution in [3.05, 3.63) is 94.7 Å². The number of hydrogen-bond acceptors (Lipinski definition) is 4. The summed E-state index contributed by atoms with van der Waals surface area (Å²) < 4.78 is 13.4. The molecule has 3 rings (SSSR count). The number of nitrogens with two attached hydrogens (primary N) is 1. The van der Waals surface area contributed by atoms with Crippen LogP contribution >= 0.6 is 0 Å². The van der Waals surface area contributed by atoms with Gasteiger partial charge in [0, 0.05) is 24.5 Å². The number of carbonyl (C=O) groups is 1. The Morgan fingerprint density at radius 2 is 2.03 bits per heavy atom. The fourth-order valence-corrected chi connectivity index (χ4v) is 3.30. The molecule has 2 aromatic heterocycles. The van der Waals surface area contributed by atoms with Gasteiger partial charge in [0.25, 0.3) is 0 Å². The first kappa shape index (κ1) is 21.2. The average Bonchev–Trinajstić information content (AvgIpc) is 2.70. The van der Waals surface area contributed by atoms with Crippen LogP contribution in [0, 0.1) is 5.82 Å². The maximum atomic E-state index is 13.4. The number of benzene rings is 1. The highest BCUT2D eigenvalue weighted by molar-refractivity contribution is 5.87. The van der Waals surface area contributed by atoms with Crippen molar-refractivity contribution in [2.75, 3.05) is 11.9 Å². The van der Waals surface area contributed by atoms with Crippen LogP contribution in [0.1, 0.15) is 42.1 Å². The standard InChI is InChI=1S/C24H25FN4O/c1-16(2)13-20-8-9-21(22(23(26)30)18-6-4-11-27-15-18)24(29-20)28-12-10-17-5-3-7-19(25)14-17/h3-9,11,13-15,22H,10,12H2,1-2H3,(H2,26,30)(H,28,29). The Kier molecular flexibility index (Phi) is 6.91. The van der Waals surface area contributed by atoms with Crippen LogP contribution in [0.2, 0.25) is 0 Å². The molecule has 1 unspecified atom stereocenters. The Morgan fingerprint density at radius 3 is 2.70 bits per heavy atom. The minimum Gasteiger partial charge on any atom is -0.369 e. The van der Waals surface area contributed by atoms with Crippen LogP contribution in [0.4, 0.5) is 10.2 Å². The fraction of sp³-hybridized carbons (Fsp3) is 0.208. The number of allylic oxidation sites excluding steroid dienone is 1. The highest BCUT2D eigenvalue weighted by Crippen LogP contribution is 2.29. The average molecular weight is 404 g/mol. The monoisotopic (exact) mass is 404 g/mol. The third kappa shape index (κ3) is 5.50. The SMILES string of the molecule is CC(C)=Cc1ccc(C(C(N)=O)c2cccnc2)c(NCCc2cccc(F)c2)n1. The zero-order valence-corrected chi connectivity index (χ0v) is 17.1. The molecular weight excluding hydrogens is 379 g/mol. The van der Waals surface area contributed by atoms with Crippen LogP contribution in [0.3, 0.4) is 0 Å². The molecule has 0 aliphatic rings. The lowest BCUT2D eigenvalue weighted by Gasteiger charge is -2.19. The van der Waals surface area contributed by atoms with Gasteiger partial charge >= 0.3 is 0 Å². The molecule has 0 saturated heterocycles. The smallest absolute Gasteiger partial charge is 0.229 e. The summed E-state index contributed by atoms with van der Waals surface area (Å²) in [5, 5.41) is 3.31. The first-order valence-electron chi connectivity index (χ1n) is 9.77. The molecule has 6 heteroatoms. The van der Waals surface area contributed by atoms with Gasteiger partial charge in [-0.3, -0.25) is 9.78 Å². The molecule has 1 atom stereocenters. The van der Waals surface area contributed by atoms with E-state index >= 15 is 0 Å². The summed E-state index contributed by atoms with van der Waals surface area (Å²) in [4.78, 5) is 21.2. The van der Waals surface area contributed by atoms with Crippen LogP contribution in [-0.2, 0) is 11.2 Å². The summed E-state index contributed by atoms with van der Waals surface area (Å²) in [5.41, 5.74) is 9.90. The van der Waals surface area contributed by atoms with Crippen molar-refractivity contribution in [2.45, 2.75) is 26.2 Å². The second kappa shape index (κ2) is 9.78. The van der Waals surface area contributed by atoms with E-state index in [0.717, 1.165) is 16.8 Å². The molecule has 0 spiro atoms. The van der Waals surface area contributed by atoms with E-state index in [2.05, 4.69) is 10.3 Å². The maximum Gasteiger partial charge on any atom is 0.229 e.